The van der Waals surface area contributed by atoms with Crippen molar-refractivity contribution in [2.75, 3.05) is 26.2 Å². The van der Waals surface area contributed by atoms with E-state index in [9.17, 15) is 9.90 Å². The highest BCUT2D eigenvalue weighted by atomic mass is 16.3. The van der Waals surface area contributed by atoms with Gasteiger partial charge >= 0.3 is 0 Å². The maximum absolute atomic E-state index is 13.1. The van der Waals surface area contributed by atoms with Crippen LogP contribution in [0.1, 0.15) is 27.0 Å². The van der Waals surface area contributed by atoms with Crippen LogP contribution in [0.3, 0.4) is 0 Å². The van der Waals surface area contributed by atoms with Crippen molar-refractivity contribution >= 4 is 17.1 Å². The van der Waals surface area contributed by atoms with E-state index in [0.717, 1.165) is 42.0 Å². The van der Waals surface area contributed by atoms with Gasteiger partial charge in [0.05, 0.1) is 25.0 Å². The van der Waals surface area contributed by atoms with Gasteiger partial charge in [-0.2, -0.15) is 0 Å². The number of aliphatic hydroxyl groups is 1. The lowest BCUT2D eigenvalue weighted by atomic mass is 10.1. The van der Waals surface area contributed by atoms with E-state index in [4.69, 9.17) is 0 Å². The Morgan fingerprint density at radius 3 is 2.52 bits per heavy atom. The quantitative estimate of drug-likeness (QED) is 0.493. The Hall–Kier alpha value is -3.62. The highest BCUT2D eigenvalue weighted by molar-refractivity contribution is 5.96. The van der Waals surface area contributed by atoms with Gasteiger partial charge in [-0.1, -0.05) is 30.3 Å². The number of aromatic nitrogens is 4. The minimum atomic E-state index is -0.0124. The van der Waals surface area contributed by atoms with Crippen molar-refractivity contribution in [1.29, 1.82) is 0 Å². The van der Waals surface area contributed by atoms with Crippen LogP contribution in [-0.2, 0) is 19.7 Å². The Balaban J connectivity index is 1.23. The van der Waals surface area contributed by atoms with Crippen molar-refractivity contribution in [1.82, 2.24) is 29.3 Å². The summed E-state index contributed by atoms with van der Waals surface area (Å²) in [5, 5.41) is 9.55. The molecule has 0 bridgehead atoms. The van der Waals surface area contributed by atoms with Gasteiger partial charge in [-0.25, -0.2) is 9.97 Å². The number of carbonyl (C=O) groups excluding carboxylic acids is 1. The number of rotatable bonds is 6. The maximum Gasteiger partial charge on any atom is 0.255 e. The number of imidazole rings is 1. The second kappa shape index (κ2) is 9.48. The molecule has 4 heterocycles. The molecule has 0 spiro atoms. The molecule has 1 N–H and O–H groups in total. The van der Waals surface area contributed by atoms with E-state index in [1.54, 1.807) is 18.7 Å². The SMILES string of the molecule is O=C(c1cnc2c(c1)ncn2Cc1cccnc1)N1CCN(Cc2ccccc2CO)CC1. The summed E-state index contributed by atoms with van der Waals surface area (Å²) in [6.45, 7) is 4.36. The zero-order valence-corrected chi connectivity index (χ0v) is 18.3. The molecule has 1 aromatic carbocycles. The van der Waals surface area contributed by atoms with Gasteiger partial charge in [0.15, 0.2) is 5.65 Å². The first kappa shape index (κ1) is 21.2. The largest absolute Gasteiger partial charge is 0.392 e. The molecule has 3 aromatic heterocycles. The summed E-state index contributed by atoms with van der Waals surface area (Å²) in [5.74, 6) is -0.0124. The molecule has 1 amide bonds. The number of hydrogen-bond acceptors (Lipinski definition) is 6. The number of fused-ring (bicyclic) bond motifs is 1. The first-order chi connectivity index (χ1) is 16.2. The second-order valence-corrected chi connectivity index (χ2v) is 8.30. The average molecular weight is 443 g/mol. The van der Waals surface area contributed by atoms with Crippen molar-refractivity contribution in [2.45, 2.75) is 19.7 Å². The summed E-state index contributed by atoms with van der Waals surface area (Å²) in [5.41, 5.74) is 5.19. The molecule has 5 rings (SSSR count). The number of nitrogens with zero attached hydrogens (tertiary/aromatic N) is 6. The minimum Gasteiger partial charge on any atom is -0.392 e. The highest BCUT2D eigenvalue weighted by Crippen LogP contribution is 2.17. The first-order valence-corrected chi connectivity index (χ1v) is 11.1. The van der Waals surface area contributed by atoms with Crippen LogP contribution in [0.15, 0.2) is 67.4 Å². The monoisotopic (exact) mass is 442 g/mol. The Bertz CT molecular complexity index is 1250. The third-order valence-electron chi connectivity index (χ3n) is 6.12. The molecular formula is C25H26N6O2. The molecule has 168 valence electrons. The van der Waals surface area contributed by atoms with Gasteiger partial charge in [-0.15, -0.1) is 0 Å². The maximum atomic E-state index is 13.1. The molecular weight excluding hydrogens is 416 g/mol. The fourth-order valence-corrected chi connectivity index (χ4v) is 4.27. The molecule has 33 heavy (non-hydrogen) atoms. The number of carbonyl (C=O) groups is 1. The lowest BCUT2D eigenvalue weighted by Gasteiger charge is -2.35. The molecule has 0 radical (unpaired) electrons. The third-order valence-corrected chi connectivity index (χ3v) is 6.12. The molecule has 0 saturated carbocycles. The number of benzene rings is 1. The van der Waals surface area contributed by atoms with Crippen LogP contribution in [0.5, 0.6) is 0 Å². The van der Waals surface area contributed by atoms with Crippen molar-refractivity contribution in [2.24, 2.45) is 0 Å². The number of amides is 1. The van der Waals surface area contributed by atoms with Crippen LogP contribution in [0, 0.1) is 0 Å². The van der Waals surface area contributed by atoms with Crippen molar-refractivity contribution < 1.29 is 9.90 Å². The van der Waals surface area contributed by atoms with Gasteiger partial charge in [0.1, 0.15) is 5.52 Å². The topological polar surface area (TPSA) is 87.4 Å². The van der Waals surface area contributed by atoms with Crippen molar-refractivity contribution in [3.8, 4) is 0 Å². The lowest BCUT2D eigenvalue weighted by Crippen LogP contribution is -2.48. The van der Waals surface area contributed by atoms with Gasteiger partial charge < -0.3 is 14.6 Å². The zero-order chi connectivity index (χ0) is 22.6. The Kier molecular flexibility index (Phi) is 6.10. The van der Waals surface area contributed by atoms with Crippen LogP contribution in [-0.4, -0.2) is 66.5 Å². The van der Waals surface area contributed by atoms with Crippen LogP contribution in [0.2, 0.25) is 0 Å². The van der Waals surface area contributed by atoms with Crippen LogP contribution < -0.4 is 0 Å². The molecule has 1 aliphatic heterocycles. The number of aliphatic hydroxyl groups excluding tert-OH is 1. The van der Waals surface area contributed by atoms with Gasteiger partial charge in [0.2, 0.25) is 0 Å². The molecule has 8 heteroatoms. The molecule has 0 unspecified atom stereocenters. The van der Waals surface area contributed by atoms with Gasteiger partial charge in [0.25, 0.3) is 5.91 Å². The van der Waals surface area contributed by atoms with Gasteiger partial charge in [0, 0.05) is 51.3 Å². The van der Waals surface area contributed by atoms with E-state index in [1.807, 2.05) is 52.1 Å². The molecule has 4 aromatic rings. The van der Waals surface area contributed by atoms with E-state index in [2.05, 4.69) is 25.9 Å². The summed E-state index contributed by atoms with van der Waals surface area (Å²) in [6.07, 6.45) is 6.98. The molecule has 8 nitrogen and oxygen atoms in total. The van der Waals surface area contributed by atoms with Crippen LogP contribution in [0.4, 0.5) is 0 Å². The number of hydrogen-bond donors (Lipinski definition) is 1. The first-order valence-electron chi connectivity index (χ1n) is 11.1. The Labute approximate surface area is 192 Å². The summed E-state index contributed by atoms with van der Waals surface area (Å²) in [4.78, 5) is 30.4. The highest BCUT2D eigenvalue weighted by Gasteiger charge is 2.23. The van der Waals surface area contributed by atoms with E-state index in [1.165, 1.54) is 0 Å². The molecule has 1 aliphatic rings. The molecule has 1 fully saturated rings. The van der Waals surface area contributed by atoms with E-state index >= 15 is 0 Å². The third kappa shape index (κ3) is 4.62. The normalized spacial score (nSPS) is 14.6. The average Bonchev–Trinajstić information content (AvgIpc) is 3.27. The molecule has 1 saturated heterocycles. The van der Waals surface area contributed by atoms with E-state index in [-0.39, 0.29) is 12.5 Å². The molecule has 0 aliphatic carbocycles. The fraction of sp³-hybridized carbons (Fsp3) is 0.280. The smallest absolute Gasteiger partial charge is 0.255 e. The van der Waals surface area contributed by atoms with Crippen LogP contribution in [0.25, 0.3) is 11.2 Å². The standard InChI is InChI=1S/C25H26N6O2/c32-17-21-6-2-1-5-20(21)16-29-8-10-30(11-9-29)25(33)22-12-23-24(27-14-22)31(18-28-23)15-19-4-3-7-26-13-19/h1-7,12-14,18,32H,8-11,15-17H2. The van der Waals surface area contributed by atoms with Gasteiger partial charge in [-0.3, -0.25) is 14.7 Å². The summed E-state index contributed by atoms with van der Waals surface area (Å²) >= 11 is 0. The summed E-state index contributed by atoms with van der Waals surface area (Å²) in [7, 11) is 0. The number of pyridine rings is 2. The molecule has 0 atom stereocenters. The second-order valence-electron chi connectivity index (χ2n) is 8.30. The fourth-order valence-electron chi connectivity index (χ4n) is 4.27. The van der Waals surface area contributed by atoms with Crippen molar-refractivity contribution in [3.05, 3.63) is 89.6 Å². The summed E-state index contributed by atoms with van der Waals surface area (Å²) < 4.78 is 1.96. The number of piperazine rings is 1. The predicted molar refractivity (Wildman–Crippen MR) is 124 cm³/mol. The minimum absolute atomic E-state index is 0.0124. The Morgan fingerprint density at radius 2 is 1.76 bits per heavy atom. The van der Waals surface area contributed by atoms with E-state index < -0.39 is 0 Å². The van der Waals surface area contributed by atoms with Crippen molar-refractivity contribution in [3.63, 3.8) is 0 Å². The van der Waals surface area contributed by atoms with E-state index in [0.29, 0.717) is 30.7 Å². The van der Waals surface area contributed by atoms with Gasteiger partial charge in [-0.05, 0) is 28.8 Å². The predicted octanol–water partition coefficient (Wildman–Crippen LogP) is 2.32. The van der Waals surface area contributed by atoms with Crippen LogP contribution >= 0.6 is 0 Å². The lowest BCUT2D eigenvalue weighted by molar-refractivity contribution is 0.0627. The zero-order valence-electron chi connectivity index (χ0n) is 18.3. The summed E-state index contributed by atoms with van der Waals surface area (Å²) in [6, 6.07) is 13.7. The Morgan fingerprint density at radius 1 is 0.939 bits per heavy atom.